The van der Waals surface area contributed by atoms with Crippen molar-refractivity contribution in [3.63, 3.8) is 0 Å². The van der Waals surface area contributed by atoms with E-state index in [4.69, 9.17) is 0 Å². The van der Waals surface area contributed by atoms with Crippen molar-refractivity contribution in [1.29, 1.82) is 0 Å². The van der Waals surface area contributed by atoms with Crippen LogP contribution in [0, 0.1) is 0 Å². The molecule has 0 fully saturated rings. The second-order valence-electron chi connectivity index (χ2n) is 5.22. The number of nitrogens with one attached hydrogen (secondary N) is 1. The lowest BCUT2D eigenvalue weighted by Gasteiger charge is -2.24. The highest BCUT2D eigenvalue weighted by molar-refractivity contribution is 5.80. The molecule has 0 unspecified atom stereocenters. The van der Waals surface area contributed by atoms with Crippen LogP contribution in [0.3, 0.4) is 0 Å². The van der Waals surface area contributed by atoms with Crippen molar-refractivity contribution < 1.29 is 9.18 Å². The highest BCUT2D eigenvalue weighted by Crippen LogP contribution is 2.11. The van der Waals surface area contributed by atoms with Crippen molar-refractivity contribution in [2.24, 2.45) is 0 Å². The van der Waals surface area contributed by atoms with Gasteiger partial charge in [0.25, 0.3) is 5.91 Å². The zero-order valence-corrected chi connectivity index (χ0v) is 12.7. The molecule has 0 aliphatic rings. The molecule has 1 atom stereocenters. The Balaban J connectivity index is 2.07. The molecule has 1 amide bonds. The third-order valence-corrected chi connectivity index (χ3v) is 3.45. The maximum atomic E-state index is 14.0. The molecule has 4 heteroatoms. The summed E-state index contributed by atoms with van der Waals surface area (Å²) in [5.74, 6) is -0.578. The van der Waals surface area contributed by atoms with Crippen molar-refractivity contribution in [2.75, 3.05) is 13.6 Å². The third-order valence-electron chi connectivity index (χ3n) is 3.45. The van der Waals surface area contributed by atoms with E-state index in [1.165, 1.54) is 7.05 Å². The second-order valence-corrected chi connectivity index (χ2v) is 5.22. The Morgan fingerprint density at radius 3 is 1.86 bits per heavy atom. The largest absolute Gasteiger partial charge is 0.357 e. The average molecular weight is 300 g/mol. The van der Waals surface area contributed by atoms with Crippen LogP contribution in [0.25, 0.3) is 0 Å². The quantitative estimate of drug-likeness (QED) is 0.853. The Bertz CT molecular complexity index is 533. The summed E-state index contributed by atoms with van der Waals surface area (Å²) in [6.45, 7) is 1.28. The number of carbonyl (C=O) groups excluding carboxylic acids is 1. The maximum absolute atomic E-state index is 14.0. The van der Waals surface area contributed by atoms with Gasteiger partial charge in [0.2, 0.25) is 0 Å². The predicted molar refractivity (Wildman–Crippen MR) is 86.0 cm³/mol. The van der Waals surface area contributed by atoms with E-state index >= 15 is 0 Å². The highest BCUT2D eigenvalue weighted by Gasteiger charge is 2.20. The van der Waals surface area contributed by atoms with Gasteiger partial charge in [0.15, 0.2) is 6.17 Å². The molecule has 0 aliphatic heterocycles. The van der Waals surface area contributed by atoms with Gasteiger partial charge in [-0.1, -0.05) is 60.7 Å². The zero-order valence-electron chi connectivity index (χ0n) is 12.7. The summed E-state index contributed by atoms with van der Waals surface area (Å²) in [6.07, 6.45) is -1.53. The minimum Gasteiger partial charge on any atom is -0.357 e. The first-order valence-corrected chi connectivity index (χ1v) is 7.35. The molecule has 0 radical (unpaired) electrons. The molecule has 0 spiro atoms. The number of benzene rings is 2. The third kappa shape index (κ3) is 4.97. The number of nitrogens with zero attached hydrogens (tertiary/aromatic N) is 1. The Morgan fingerprint density at radius 2 is 1.45 bits per heavy atom. The summed E-state index contributed by atoms with van der Waals surface area (Å²) >= 11 is 0. The number of halogens is 1. The number of rotatable bonds is 7. The van der Waals surface area contributed by atoms with Crippen LogP contribution in [0.15, 0.2) is 60.7 Å². The van der Waals surface area contributed by atoms with Crippen LogP contribution in [0.1, 0.15) is 11.1 Å². The standard InChI is InChI=1S/C18H21FN2O/c1-20-18(22)17(19)14-21(12-15-8-4-2-5-9-15)13-16-10-6-3-7-11-16/h2-11,17H,12-14H2,1H3,(H,20,22)/t17-/m1/s1. The van der Waals surface area contributed by atoms with Gasteiger partial charge in [-0.3, -0.25) is 9.69 Å². The van der Waals surface area contributed by atoms with Crippen molar-refractivity contribution in [3.05, 3.63) is 71.8 Å². The molecular formula is C18H21FN2O. The van der Waals surface area contributed by atoms with Gasteiger partial charge in [0, 0.05) is 26.7 Å². The summed E-state index contributed by atoms with van der Waals surface area (Å²) in [4.78, 5) is 13.4. The number of amides is 1. The van der Waals surface area contributed by atoms with Crippen LogP contribution in [-0.4, -0.2) is 30.6 Å². The van der Waals surface area contributed by atoms with E-state index < -0.39 is 12.1 Å². The van der Waals surface area contributed by atoms with Crippen molar-refractivity contribution in [2.45, 2.75) is 19.3 Å². The first-order valence-electron chi connectivity index (χ1n) is 7.35. The molecule has 2 aromatic rings. The molecule has 0 saturated heterocycles. The van der Waals surface area contributed by atoms with Gasteiger partial charge in [-0.25, -0.2) is 4.39 Å². The maximum Gasteiger partial charge on any atom is 0.255 e. The molecule has 0 saturated carbocycles. The lowest BCUT2D eigenvalue weighted by molar-refractivity contribution is -0.126. The Labute approximate surface area is 130 Å². The van der Waals surface area contributed by atoms with Gasteiger partial charge in [-0.15, -0.1) is 0 Å². The summed E-state index contributed by atoms with van der Waals surface area (Å²) in [6, 6.07) is 19.8. The fraction of sp³-hybridized carbons (Fsp3) is 0.278. The first kappa shape index (κ1) is 16.2. The SMILES string of the molecule is CNC(=O)[C@H](F)CN(Cc1ccccc1)Cc1ccccc1. The van der Waals surface area contributed by atoms with Gasteiger partial charge in [0.05, 0.1) is 0 Å². The van der Waals surface area contributed by atoms with E-state index in [0.717, 1.165) is 11.1 Å². The molecule has 116 valence electrons. The second kappa shape index (κ2) is 8.29. The van der Waals surface area contributed by atoms with Gasteiger partial charge >= 0.3 is 0 Å². The molecule has 0 aliphatic carbocycles. The van der Waals surface area contributed by atoms with E-state index in [9.17, 15) is 9.18 Å². The molecule has 1 N–H and O–H groups in total. The Hall–Kier alpha value is -2.20. The summed E-state index contributed by atoms with van der Waals surface area (Å²) in [5, 5.41) is 2.36. The molecule has 0 aromatic heterocycles. The normalized spacial score (nSPS) is 12.1. The molecule has 0 heterocycles. The monoisotopic (exact) mass is 300 g/mol. The van der Waals surface area contributed by atoms with Gasteiger partial charge in [-0.2, -0.15) is 0 Å². The van der Waals surface area contributed by atoms with Crippen LogP contribution >= 0.6 is 0 Å². The number of alkyl halides is 1. The predicted octanol–water partition coefficient (Wildman–Crippen LogP) is 2.77. The minimum atomic E-state index is -1.53. The van der Waals surface area contributed by atoms with Crippen molar-refractivity contribution in [3.8, 4) is 0 Å². The zero-order chi connectivity index (χ0) is 15.8. The molecule has 3 nitrogen and oxygen atoms in total. The molecule has 22 heavy (non-hydrogen) atoms. The summed E-state index contributed by atoms with van der Waals surface area (Å²) in [5.41, 5.74) is 2.20. The van der Waals surface area contributed by atoms with Crippen LogP contribution in [0.2, 0.25) is 0 Å². The summed E-state index contributed by atoms with van der Waals surface area (Å²) < 4.78 is 14.0. The number of hydrogen-bond donors (Lipinski definition) is 1. The highest BCUT2D eigenvalue weighted by atomic mass is 19.1. The van der Waals surface area contributed by atoms with E-state index in [1.54, 1.807) is 0 Å². The van der Waals surface area contributed by atoms with Gasteiger partial charge in [-0.05, 0) is 11.1 Å². The van der Waals surface area contributed by atoms with E-state index in [-0.39, 0.29) is 6.54 Å². The van der Waals surface area contributed by atoms with E-state index in [1.807, 2.05) is 65.6 Å². The van der Waals surface area contributed by atoms with Crippen molar-refractivity contribution in [1.82, 2.24) is 10.2 Å². The smallest absolute Gasteiger partial charge is 0.255 e. The number of hydrogen-bond acceptors (Lipinski definition) is 2. The Morgan fingerprint density at radius 1 is 1.00 bits per heavy atom. The lowest BCUT2D eigenvalue weighted by Crippen LogP contribution is -2.38. The van der Waals surface area contributed by atoms with Crippen LogP contribution < -0.4 is 5.32 Å². The van der Waals surface area contributed by atoms with E-state index in [2.05, 4.69) is 5.32 Å². The molecular weight excluding hydrogens is 279 g/mol. The molecule has 0 bridgehead atoms. The minimum absolute atomic E-state index is 0.0729. The molecule has 2 aromatic carbocycles. The number of carbonyl (C=O) groups is 1. The van der Waals surface area contributed by atoms with Crippen LogP contribution in [0.5, 0.6) is 0 Å². The average Bonchev–Trinajstić information content (AvgIpc) is 2.55. The lowest BCUT2D eigenvalue weighted by atomic mass is 10.1. The van der Waals surface area contributed by atoms with Crippen molar-refractivity contribution >= 4 is 5.91 Å². The van der Waals surface area contributed by atoms with Crippen LogP contribution in [0.4, 0.5) is 4.39 Å². The van der Waals surface area contributed by atoms with Gasteiger partial charge < -0.3 is 5.32 Å². The van der Waals surface area contributed by atoms with E-state index in [0.29, 0.717) is 13.1 Å². The fourth-order valence-electron chi connectivity index (χ4n) is 2.33. The van der Waals surface area contributed by atoms with Gasteiger partial charge in [0.1, 0.15) is 0 Å². The topological polar surface area (TPSA) is 32.3 Å². The molecule has 2 rings (SSSR count). The van der Waals surface area contributed by atoms with Crippen LogP contribution in [-0.2, 0) is 17.9 Å². The fourth-order valence-corrected chi connectivity index (χ4v) is 2.33. The first-order chi connectivity index (χ1) is 10.7. The summed E-state index contributed by atoms with van der Waals surface area (Å²) in [7, 11) is 1.45. The Kier molecular flexibility index (Phi) is 6.10.